The van der Waals surface area contributed by atoms with Crippen LogP contribution >= 0.6 is 0 Å². The number of hydrogen-bond donors (Lipinski definition) is 2. The van der Waals surface area contributed by atoms with E-state index in [9.17, 15) is 19.5 Å². The van der Waals surface area contributed by atoms with Crippen LogP contribution < -0.4 is 5.32 Å². The van der Waals surface area contributed by atoms with Gasteiger partial charge in [-0.15, -0.1) is 0 Å². The average Bonchev–Trinajstić information content (AvgIpc) is 3.24. The first kappa shape index (κ1) is 18.4. The van der Waals surface area contributed by atoms with Gasteiger partial charge in [0.05, 0.1) is 18.1 Å². The molecule has 1 saturated carbocycles. The van der Waals surface area contributed by atoms with Crippen molar-refractivity contribution in [2.24, 2.45) is 5.92 Å². The van der Waals surface area contributed by atoms with E-state index in [0.717, 1.165) is 25.7 Å². The second kappa shape index (κ2) is 7.86. The van der Waals surface area contributed by atoms with Crippen molar-refractivity contribution in [3.05, 3.63) is 29.3 Å². The molecule has 2 amide bonds. The van der Waals surface area contributed by atoms with E-state index in [1.54, 1.807) is 6.07 Å². The van der Waals surface area contributed by atoms with Gasteiger partial charge in [0.1, 0.15) is 0 Å². The average molecular weight is 360 g/mol. The molecule has 2 N–H and O–H groups in total. The van der Waals surface area contributed by atoms with Crippen LogP contribution in [0.4, 0.5) is 5.69 Å². The summed E-state index contributed by atoms with van der Waals surface area (Å²) in [4.78, 5) is 38.0. The highest BCUT2D eigenvalue weighted by molar-refractivity contribution is 5.98. The maximum atomic E-state index is 12.6. The van der Waals surface area contributed by atoms with Gasteiger partial charge in [0.15, 0.2) is 0 Å². The third-order valence-corrected chi connectivity index (χ3v) is 5.11. The molecule has 7 nitrogen and oxygen atoms in total. The number of rotatable bonds is 6. The molecule has 2 aliphatic rings. The van der Waals surface area contributed by atoms with Crippen LogP contribution in [-0.4, -0.2) is 47.5 Å². The molecule has 2 fully saturated rings. The molecule has 1 aromatic rings. The Labute approximate surface area is 152 Å². The monoisotopic (exact) mass is 360 g/mol. The molecule has 1 aliphatic heterocycles. The number of nitrogens with one attached hydrogen (secondary N) is 1. The maximum absolute atomic E-state index is 12.6. The number of methoxy groups -OCH3 is 1. The van der Waals surface area contributed by atoms with E-state index in [0.29, 0.717) is 17.8 Å². The van der Waals surface area contributed by atoms with Crippen molar-refractivity contribution in [2.75, 3.05) is 19.0 Å². The molecule has 0 radical (unpaired) electrons. The molecule has 0 aromatic heterocycles. The van der Waals surface area contributed by atoms with Crippen molar-refractivity contribution in [3.63, 3.8) is 0 Å². The largest absolute Gasteiger partial charge is 0.478 e. The van der Waals surface area contributed by atoms with E-state index in [1.165, 1.54) is 19.2 Å². The van der Waals surface area contributed by atoms with Gasteiger partial charge >= 0.3 is 5.97 Å². The maximum Gasteiger partial charge on any atom is 0.335 e. The Morgan fingerprint density at radius 3 is 2.65 bits per heavy atom. The number of likely N-dealkylation sites (tertiary alicyclic amines) is 1. The lowest BCUT2D eigenvalue weighted by atomic mass is 10.1. The molecule has 7 heteroatoms. The van der Waals surface area contributed by atoms with Crippen LogP contribution in [-0.2, 0) is 20.9 Å². The molecule has 0 spiro atoms. The summed E-state index contributed by atoms with van der Waals surface area (Å²) in [6.45, 7) is 0.695. The summed E-state index contributed by atoms with van der Waals surface area (Å²) >= 11 is 0. The Morgan fingerprint density at radius 2 is 2.00 bits per heavy atom. The molecule has 1 unspecified atom stereocenters. The Hall–Kier alpha value is -2.41. The highest BCUT2D eigenvalue weighted by Gasteiger charge is 2.38. The zero-order valence-electron chi connectivity index (χ0n) is 14.9. The summed E-state index contributed by atoms with van der Waals surface area (Å²) in [6, 6.07) is 4.90. The van der Waals surface area contributed by atoms with Crippen molar-refractivity contribution >= 4 is 23.5 Å². The predicted molar refractivity (Wildman–Crippen MR) is 94.8 cm³/mol. The SMILES string of the molecule is COCc1cc(NC(=O)C2CC(=O)N(C3CCCC3)C2)cc(C(=O)O)c1. The minimum absolute atomic E-state index is 0.0383. The molecular weight excluding hydrogens is 336 g/mol. The normalized spacial score (nSPS) is 20.6. The van der Waals surface area contributed by atoms with Gasteiger partial charge < -0.3 is 20.1 Å². The van der Waals surface area contributed by atoms with Crippen LogP contribution in [0.1, 0.15) is 48.0 Å². The van der Waals surface area contributed by atoms with Crippen molar-refractivity contribution in [1.82, 2.24) is 4.90 Å². The predicted octanol–water partition coefficient (Wildman–Crippen LogP) is 2.26. The topological polar surface area (TPSA) is 95.9 Å². The number of aromatic carboxylic acids is 1. The number of carbonyl (C=O) groups is 3. The van der Waals surface area contributed by atoms with E-state index in [1.807, 2.05) is 4.90 Å². The van der Waals surface area contributed by atoms with Gasteiger partial charge in [-0.2, -0.15) is 0 Å². The lowest BCUT2D eigenvalue weighted by Crippen LogP contribution is -2.35. The zero-order chi connectivity index (χ0) is 18.7. The Morgan fingerprint density at radius 1 is 1.27 bits per heavy atom. The van der Waals surface area contributed by atoms with Crippen LogP contribution in [0.15, 0.2) is 18.2 Å². The van der Waals surface area contributed by atoms with Crippen LogP contribution in [0.25, 0.3) is 0 Å². The van der Waals surface area contributed by atoms with Gasteiger partial charge in [0, 0.05) is 31.8 Å². The summed E-state index contributed by atoms with van der Waals surface area (Å²) in [6.07, 6.45) is 4.51. The fraction of sp³-hybridized carbons (Fsp3) is 0.526. The van der Waals surface area contributed by atoms with E-state index in [2.05, 4.69) is 5.32 Å². The van der Waals surface area contributed by atoms with Gasteiger partial charge in [0.25, 0.3) is 0 Å². The number of carboxylic acids is 1. The number of carboxylic acid groups (broad SMARTS) is 1. The smallest absolute Gasteiger partial charge is 0.335 e. The van der Waals surface area contributed by atoms with Crippen LogP contribution in [0, 0.1) is 5.92 Å². The molecule has 1 aromatic carbocycles. The number of anilines is 1. The van der Waals surface area contributed by atoms with Crippen LogP contribution in [0.5, 0.6) is 0 Å². The van der Waals surface area contributed by atoms with Gasteiger partial charge in [-0.1, -0.05) is 12.8 Å². The van der Waals surface area contributed by atoms with Gasteiger partial charge in [0.2, 0.25) is 11.8 Å². The summed E-state index contributed by atoms with van der Waals surface area (Å²) in [5.74, 6) is -1.68. The number of carbonyl (C=O) groups excluding carboxylic acids is 2. The number of ether oxygens (including phenoxy) is 1. The molecular formula is C19H24N2O5. The number of nitrogens with zero attached hydrogens (tertiary/aromatic N) is 1. The Bertz CT molecular complexity index is 712. The Kier molecular flexibility index (Phi) is 5.56. The first-order valence-corrected chi connectivity index (χ1v) is 8.94. The lowest BCUT2D eigenvalue weighted by Gasteiger charge is -2.23. The fourth-order valence-electron chi connectivity index (χ4n) is 3.86. The van der Waals surface area contributed by atoms with Gasteiger partial charge in [-0.25, -0.2) is 4.79 Å². The van der Waals surface area contributed by atoms with Crippen molar-refractivity contribution in [3.8, 4) is 0 Å². The van der Waals surface area contributed by atoms with Gasteiger partial charge in [-0.05, 0) is 36.6 Å². The third-order valence-electron chi connectivity index (χ3n) is 5.11. The van der Waals surface area contributed by atoms with Crippen LogP contribution in [0.2, 0.25) is 0 Å². The van der Waals surface area contributed by atoms with E-state index in [4.69, 9.17) is 4.74 Å². The Balaban J connectivity index is 1.69. The molecule has 1 atom stereocenters. The highest BCUT2D eigenvalue weighted by Crippen LogP contribution is 2.30. The molecule has 26 heavy (non-hydrogen) atoms. The molecule has 0 bridgehead atoms. The fourth-order valence-corrected chi connectivity index (χ4v) is 3.86. The first-order chi connectivity index (χ1) is 12.5. The molecule has 140 valence electrons. The number of benzene rings is 1. The van der Waals surface area contributed by atoms with E-state index in [-0.39, 0.29) is 36.4 Å². The molecule has 3 rings (SSSR count). The minimum Gasteiger partial charge on any atom is -0.478 e. The summed E-state index contributed by atoms with van der Waals surface area (Å²) in [5.41, 5.74) is 1.16. The quantitative estimate of drug-likeness (QED) is 0.811. The summed E-state index contributed by atoms with van der Waals surface area (Å²) in [7, 11) is 1.52. The highest BCUT2D eigenvalue weighted by atomic mass is 16.5. The standard InChI is InChI=1S/C19H24N2O5/c1-26-11-12-6-13(19(24)25)8-15(7-12)20-18(23)14-9-17(22)21(10-14)16-4-2-3-5-16/h6-8,14,16H,2-5,9-11H2,1H3,(H,20,23)(H,24,25). The number of amides is 2. The van der Waals surface area contributed by atoms with Gasteiger partial charge in [-0.3, -0.25) is 9.59 Å². The second-order valence-corrected chi connectivity index (χ2v) is 7.03. The second-order valence-electron chi connectivity index (χ2n) is 7.03. The summed E-state index contributed by atoms with van der Waals surface area (Å²) < 4.78 is 5.05. The van der Waals surface area contributed by atoms with E-state index < -0.39 is 11.9 Å². The van der Waals surface area contributed by atoms with E-state index >= 15 is 0 Å². The molecule has 1 heterocycles. The summed E-state index contributed by atoms with van der Waals surface area (Å²) in [5, 5.41) is 12.0. The zero-order valence-corrected chi connectivity index (χ0v) is 14.9. The lowest BCUT2D eigenvalue weighted by molar-refractivity contribution is -0.129. The van der Waals surface area contributed by atoms with Crippen molar-refractivity contribution < 1.29 is 24.2 Å². The third kappa shape index (κ3) is 4.04. The first-order valence-electron chi connectivity index (χ1n) is 8.94. The molecule has 1 saturated heterocycles. The van der Waals surface area contributed by atoms with Crippen LogP contribution in [0.3, 0.4) is 0 Å². The van der Waals surface area contributed by atoms with Crippen molar-refractivity contribution in [2.45, 2.75) is 44.8 Å². The molecule has 1 aliphatic carbocycles. The van der Waals surface area contributed by atoms with Crippen molar-refractivity contribution in [1.29, 1.82) is 0 Å². The minimum atomic E-state index is -1.07. The number of hydrogen-bond acceptors (Lipinski definition) is 4.